The second-order valence-electron chi connectivity index (χ2n) is 7.07. The van der Waals surface area contributed by atoms with Gasteiger partial charge in [0.2, 0.25) is 0 Å². The fraction of sp³-hybridized carbons (Fsp3) is 0.381. The number of allylic oxidation sites excluding steroid dienone is 2. The molecule has 0 bridgehead atoms. The Morgan fingerprint density at radius 2 is 2.24 bits per heavy atom. The van der Waals surface area contributed by atoms with Crippen molar-refractivity contribution in [3.05, 3.63) is 70.6 Å². The number of aryl methyl sites for hydroxylation is 1. The number of hydrogen-bond acceptors (Lipinski definition) is 2. The molecule has 0 saturated carbocycles. The van der Waals surface area contributed by atoms with Crippen molar-refractivity contribution in [2.45, 2.75) is 44.9 Å². The van der Waals surface area contributed by atoms with Crippen LogP contribution in [0.1, 0.15) is 61.0 Å². The van der Waals surface area contributed by atoms with E-state index in [1.165, 1.54) is 36.1 Å². The van der Waals surface area contributed by atoms with Crippen LogP contribution in [0.3, 0.4) is 0 Å². The van der Waals surface area contributed by atoms with E-state index < -0.39 is 0 Å². The molecule has 0 fully saturated rings. The second kappa shape index (κ2) is 6.43. The molecule has 1 aliphatic heterocycles. The van der Waals surface area contributed by atoms with Crippen molar-refractivity contribution in [1.82, 2.24) is 9.97 Å². The molecule has 2 N–H and O–H groups in total. The van der Waals surface area contributed by atoms with Gasteiger partial charge < -0.3 is 14.7 Å². The zero-order valence-electron chi connectivity index (χ0n) is 15.1. The van der Waals surface area contributed by atoms with Crippen molar-refractivity contribution in [3.8, 4) is 0 Å². The van der Waals surface area contributed by atoms with E-state index in [1.54, 1.807) is 7.11 Å². The van der Waals surface area contributed by atoms with Crippen LogP contribution in [0.15, 0.2) is 53.1 Å². The Labute approximate surface area is 148 Å². The third kappa shape index (κ3) is 2.86. The molecule has 3 heterocycles. The first kappa shape index (κ1) is 16.0. The van der Waals surface area contributed by atoms with Gasteiger partial charge in [0.15, 0.2) is 0 Å². The first-order valence-corrected chi connectivity index (χ1v) is 9.07. The number of rotatable bonds is 4. The van der Waals surface area contributed by atoms with Gasteiger partial charge in [0, 0.05) is 30.1 Å². The van der Waals surface area contributed by atoms with Crippen LogP contribution in [-0.4, -0.2) is 22.8 Å². The van der Waals surface area contributed by atoms with Crippen molar-refractivity contribution >= 4 is 5.71 Å². The minimum absolute atomic E-state index is 0.268. The van der Waals surface area contributed by atoms with Crippen molar-refractivity contribution < 1.29 is 4.74 Å². The van der Waals surface area contributed by atoms with Crippen molar-refractivity contribution in [2.24, 2.45) is 4.99 Å². The van der Waals surface area contributed by atoms with Crippen LogP contribution in [0.2, 0.25) is 0 Å². The third-order valence-corrected chi connectivity index (χ3v) is 5.33. The van der Waals surface area contributed by atoms with E-state index in [1.807, 2.05) is 24.4 Å². The molecule has 4 heteroatoms. The molecule has 0 spiro atoms. The Morgan fingerprint density at radius 1 is 1.36 bits per heavy atom. The number of nitrogens with one attached hydrogen (secondary N) is 2. The summed E-state index contributed by atoms with van der Waals surface area (Å²) in [6.07, 6.45) is 12.1. The highest BCUT2D eigenvalue weighted by atomic mass is 16.5. The molecule has 2 atom stereocenters. The van der Waals surface area contributed by atoms with Gasteiger partial charge in [-0.1, -0.05) is 13.8 Å². The van der Waals surface area contributed by atoms with Gasteiger partial charge in [-0.3, -0.25) is 0 Å². The molecule has 4 rings (SSSR count). The van der Waals surface area contributed by atoms with Crippen LogP contribution in [-0.2, 0) is 11.2 Å². The van der Waals surface area contributed by atoms with E-state index >= 15 is 0 Å². The maximum Gasteiger partial charge on any atom is 0.146 e. The van der Waals surface area contributed by atoms with Gasteiger partial charge in [0.25, 0.3) is 0 Å². The fourth-order valence-corrected chi connectivity index (χ4v) is 4.05. The number of fused-ring (bicyclic) bond motifs is 1. The normalized spacial score (nSPS) is 22.5. The predicted molar refractivity (Wildman–Crippen MR) is 101 cm³/mol. The zero-order chi connectivity index (χ0) is 17.4. The highest BCUT2D eigenvalue weighted by molar-refractivity contribution is 6.10. The number of methoxy groups -OCH3 is 1. The van der Waals surface area contributed by atoms with Crippen LogP contribution in [0, 0.1) is 0 Å². The Hall–Kier alpha value is -2.49. The summed E-state index contributed by atoms with van der Waals surface area (Å²) in [5, 5.41) is 0. The number of nitrogens with zero attached hydrogens (tertiary/aromatic N) is 1. The summed E-state index contributed by atoms with van der Waals surface area (Å²) >= 11 is 0. The average Bonchev–Trinajstić information content (AvgIpc) is 3.34. The third-order valence-electron chi connectivity index (χ3n) is 5.33. The first-order chi connectivity index (χ1) is 12.2. The molecule has 2 aromatic heterocycles. The maximum absolute atomic E-state index is 5.56. The Kier molecular flexibility index (Phi) is 4.12. The molecule has 2 aliphatic rings. The lowest BCUT2D eigenvalue weighted by Crippen LogP contribution is -2.08. The lowest BCUT2D eigenvalue weighted by atomic mass is 9.83. The quantitative estimate of drug-likeness (QED) is 0.828. The number of hydrogen-bond donors (Lipinski definition) is 2. The summed E-state index contributed by atoms with van der Waals surface area (Å²) in [6, 6.07) is 4.01. The lowest BCUT2D eigenvalue weighted by molar-refractivity contribution is 0.302. The van der Waals surface area contributed by atoms with Crippen LogP contribution < -0.4 is 0 Å². The monoisotopic (exact) mass is 335 g/mol. The highest BCUT2D eigenvalue weighted by Crippen LogP contribution is 2.37. The molecule has 2 unspecified atom stereocenters. The van der Waals surface area contributed by atoms with Crippen LogP contribution in [0.25, 0.3) is 0 Å². The van der Waals surface area contributed by atoms with E-state index in [0.29, 0.717) is 5.92 Å². The fourth-order valence-electron chi connectivity index (χ4n) is 4.05. The van der Waals surface area contributed by atoms with Gasteiger partial charge in [-0.05, 0) is 54.5 Å². The molecule has 130 valence electrons. The smallest absolute Gasteiger partial charge is 0.146 e. The zero-order valence-corrected chi connectivity index (χ0v) is 15.1. The van der Waals surface area contributed by atoms with Crippen molar-refractivity contribution in [2.75, 3.05) is 7.11 Å². The van der Waals surface area contributed by atoms with Gasteiger partial charge >= 0.3 is 0 Å². The van der Waals surface area contributed by atoms with Gasteiger partial charge in [-0.15, -0.1) is 0 Å². The maximum atomic E-state index is 5.56. The van der Waals surface area contributed by atoms with E-state index in [4.69, 9.17) is 9.73 Å². The SMILES string of the molecule is COC1=CC(c2ccc[nH]2)=N/C1=C/C(C)c1[nH]cc2c1C(C)CCC2. The van der Waals surface area contributed by atoms with Gasteiger partial charge in [0.05, 0.1) is 18.5 Å². The molecule has 2 aromatic rings. The Bertz CT molecular complexity index is 852. The first-order valence-electron chi connectivity index (χ1n) is 9.07. The molecular formula is C21H25N3O. The number of ether oxygens (including phenoxy) is 1. The average molecular weight is 335 g/mol. The summed E-state index contributed by atoms with van der Waals surface area (Å²) in [7, 11) is 1.70. The number of aromatic nitrogens is 2. The Morgan fingerprint density at radius 3 is 3.00 bits per heavy atom. The van der Waals surface area contributed by atoms with Gasteiger partial charge in [0.1, 0.15) is 11.5 Å². The second-order valence-corrected chi connectivity index (χ2v) is 7.07. The lowest BCUT2D eigenvalue weighted by Gasteiger charge is -2.22. The van der Waals surface area contributed by atoms with Crippen LogP contribution in [0.5, 0.6) is 0 Å². The molecule has 0 amide bonds. The predicted octanol–water partition coefficient (Wildman–Crippen LogP) is 4.80. The summed E-state index contributed by atoms with van der Waals surface area (Å²) in [6.45, 7) is 4.57. The van der Waals surface area contributed by atoms with Gasteiger partial charge in [-0.2, -0.15) is 0 Å². The summed E-state index contributed by atoms with van der Waals surface area (Å²) in [5.74, 6) is 1.72. The van der Waals surface area contributed by atoms with Gasteiger partial charge in [-0.25, -0.2) is 4.99 Å². The molecule has 25 heavy (non-hydrogen) atoms. The molecule has 0 radical (unpaired) electrons. The van der Waals surface area contributed by atoms with Crippen molar-refractivity contribution in [1.29, 1.82) is 0 Å². The van der Waals surface area contributed by atoms with E-state index in [0.717, 1.165) is 22.9 Å². The van der Waals surface area contributed by atoms with E-state index in [9.17, 15) is 0 Å². The number of aliphatic imine (C=N–C) groups is 1. The topological polar surface area (TPSA) is 53.2 Å². The van der Waals surface area contributed by atoms with Crippen LogP contribution >= 0.6 is 0 Å². The largest absolute Gasteiger partial charge is 0.494 e. The molecule has 0 aromatic carbocycles. The highest BCUT2D eigenvalue weighted by Gasteiger charge is 2.25. The van der Waals surface area contributed by atoms with E-state index in [2.05, 4.69) is 36.1 Å². The molecule has 4 nitrogen and oxygen atoms in total. The summed E-state index contributed by atoms with van der Waals surface area (Å²) in [4.78, 5) is 11.5. The molecule has 1 aliphatic carbocycles. The minimum atomic E-state index is 0.268. The Balaban J connectivity index is 1.66. The number of aromatic amines is 2. The number of H-pyrrole nitrogens is 2. The minimum Gasteiger partial charge on any atom is -0.494 e. The summed E-state index contributed by atoms with van der Waals surface area (Å²) in [5.41, 5.74) is 7.17. The van der Waals surface area contributed by atoms with E-state index in [-0.39, 0.29) is 5.92 Å². The molecule has 0 saturated heterocycles. The standard InChI is InChI=1S/C21H25N3O/c1-13-6-4-7-15-12-23-21(20(13)15)14(2)10-18-19(25-3)11-17(24-18)16-8-5-9-22-16/h5,8-14,22-23H,4,6-7H2,1-3H3/b18-10+. The molecular weight excluding hydrogens is 310 g/mol. The summed E-state index contributed by atoms with van der Waals surface area (Å²) < 4.78 is 5.56. The van der Waals surface area contributed by atoms with Crippen molar-refractivity contribution in [3.63, 3.8) is 0 Å². The van der Waals surface area contributed by atoms with Crippen LogP contribution in [0.4, 0.5) is 0 Å².